The molecule has 8 aromatic rings. The summed E-state index contributed by atoms with van der Waals surface area (Å²) in [7, 11) is 4.53. The zero-order valence-corrected chi connectivity index (χ0v) is 60.7. The van der Waals surface area contributed by atoms with E-state index in [1.165, 1.54) is 72.4 Å². The number of esters is 4. The largest absolute Gasteiger partial charge is 0.457 e. The number of halogens is 8. The summed E-state index contributed by atoms with van der Waals surface area (Å²) in [5.41, 5.74) is 13.3. The number of rotatable bonds is 7. The molecular weight excluding hydrogens is 1530 g/mol. The highest BCUT2D eigenvalue weighted by Gasteiger charge is 2.39. The lowest BCUT2D eigenvalue weighted by Crippen LogP contribution is -2.42. The van der Waals surface area contributed by atoms with Gasteiger partial charge in [0.05, 0.1) is 10.5 Å². The van der Waals surface area contributed by atoms with Gasteiger partial charge in [-0.25, -0.2) is 9.59 Å². The number of aromatic amines is 1. The van der Waals surface area contributed by atoms with Crippen molar-refractivity contribution in [3.05, 3.63) is 213 Å². The molecule has 0 amide bonds. The summed E-state index contributed by atoms with van der Waals surface area (Å²) in [6.07, 6.45) is 4.40. The van der Waals surface area contributed by atoms with E-state index in [9.17, 15) is 28.5 Å². The highest BCUT2D eigenvalue weighted by atomic mass is 79.9. The van der Waals surface area contributed by atoms with Gasteiger partial charge >= 0.3 is 29.1 Å². The predicted molar refractivity (Wildman–Crippen MR) is 370 cm³/mol. The van der Waals surface area contributed by atoms with Crippen molar-refractivity contribution in [3.8, 4) is 11.5 Å². The molecular formula is C63H65Br4Cl4N4O14P. The van der Waals surface area contributed by atoms with Crippen molar-refractivity contribution < 1.29 is 61.6 Å². The van der Waals surface area contributed by atoms with E-state index in [4.69, 9.17) is 31.5 Å². The molecule has 0 bridgehead atoms. The van der Waals surface area contributed by atoms with Gasteiger partial charge < -0.3 is 53.9 Å². The number of H-pyrrole nitrogens is 1. The number of cyclic esters (lactones) is 4. The summed E-state index contributed by atoms with van der Waals surface area (Å²) in [5, 5.41) is 2.12. The fourth-order valence-electron chi connectivity index (χ4n) is 7.04. The summed E-state index contributed by atoms with van der Waals surface area (Å²) in [6.45, 7) is 13.5. The minimum atomic E-state index is -3.22. The van der Waals surface area contributed by atoms with Crippen molar-refractivity contribution in [2.45, 2.75) is 79.9 Å². The molecule has 2 saturated heterocycles. The van der Waals surface area contributed by atoms with Gasteiger partial charge in [-0.05, 0) is 175 Å². The Morgan fingerprint density at radius 3 is 1.52 bits per heavy atom. The number of carbonyl (C=O) groups is 4. The number of methoxy groups -OCH3 is 3. The predicted octanol–water partition coefficient (Wildman–Crippen LogP) is 18.5. The van der Waals surface area contributed by atoms with Crippen LogP contribution in [0.3, 0.4) is 0 Å². The normalized spacial score (nSPS) is 13.3. The monoisotopic (exact) mass is 1590 g/mol. The van der Waals surface area contributed by atoms with E-state index < -0.39 is 47.1 Å². The van der Waals surface area contributed by atoms with Gasteiger partial charge in [-0.3, -0.25) is 23.9 Å². The minimum absolute atomic E-state index is 0.0504. The lowest BCUT2D eigenvalue weighted by molar-refractivity contribution is -0.252. The number of anilines is 2. The van der Waals surface area contributed by atoms with E-state index in [0.29, 0.717) is 0 Å². The zero-order valence-electron chi connectivity index (χ0n) is 50.4. The Morgan fingerprint density at radius 1 is 0.611 bits per heavy atom. The molecule has 0 saturated carbocycles. The third kappa shape index (κ3) is 29.6. The Labute approximate surface area is 574 Å². The van der Waals surface area contributed by atoms with Crippen LogP contribution < -0.4 is 21.2 Å². The molecule has 482 valence electrons. The smallest absolute Gasteiger partial charge is 0.350 e. The van der Waals surface area contributed by atoms with Crippen molar-refractivity contribution in [2.24, 2.45) is 0 Å². The van der Waals surface area contributed by atoms with Crippen molar-refractivity contribution >= 4 is 171 Å². The van der Waals surface area contributed by atoms with E-state index in [2.05, 4.69) is 136 Å². The van der Waals surface area contributed by atoms with E-state index in [0.717, 1.165) is 78.7 Å². The molecule has 2 aliphatic rings. The number of carbonyl (C=O) groups excluding carboxylic acids is 4. The molecule has 18 nitrogen and oxygen atoms in total. The van der Waals surface area contributed by atoms with Crippen LogP contribution in [0, 0.1) is 27.7 Å². The van der Waals surface area contributed by atoms with Crippen molar-refractivity contribution in [1.82, 2.24) is 9.97 Å². The highest BCUT2D eigenvalue weighted by molar-refractivity contribution is 9.11. The molecule has 0 aliphatic carbocycles. The van der Waals surface area contributed by atoms with Crippen LogP contribution in [-0.2, 0) is 56.9 Å². The first-order valence-corrected chi connectivity index (χ1v) is 34.3. The first-order chi connectivity index (χ1) is 42.1. The molecule has 0 radical (unpaired) electrons. The molecule has 4 N–H and O–H groups in total. The molecule has 2 aromatic heterocycles. The molecule has 27 heteroatoms. The quantitative estimate of drug-likeness (QED) is 0.0255. The second-order valence-electron chi connectivity index (χ2n) is 19.4. The number of nitrogens with two attached hydrogens (primary N) is 1. The van der Waals surface area contributed by atoms with Crippen LogP contribution in [0.4, 0.5) is 11.4 Å². The van der Waals surface area contributed by atoms with Gasteiger partial charge in [0.2, 0.25) is 0 Å². The number of pyridine rings is 2. The SMILES string of the molecule is CC1(C)OC(=O)CC(=O)O1.COC(OC)OC.Cc1cc(N)ccc1Br.Cc1cc(NC=C2C(=O)OC(C)(C)OC2=O)ccc1Br.Cc1cc2[nH]ccc(=O)c2cc1Br.Cc1cc2nccc(Cl)c2cc1Br.O=P(Cl)(Cl)Cl.c1ccc(Oc2ccccc2)cc1. The number of ether oxygens (including phenoxy) is 8. The number of hydrogen-bond donors (Lipinski definition) is 3. The summed E-state index contributed by atoms with van der Waals surface area (Å²) in [4.78, 5) is 63.3. The number of aromatic nitrogens is 2. The number of para-hydroxylation sites is 2. The minimum Gasteiger partial charge on any atom is -0.457 e. The van der Waals surface area contributed by atoms with Gasteiger partial charge in [-0.15, -0.1) is 0 Å². The van der Waals surface area contributed by atoms with E-state index in [1.54, 1.807) is 18.5 Å². The Balaban J connectivity index is 0.000000276. The Bertz CT molecular complexity index is 3750. The molecule has 10 rings (SSSR count). The highest BCUT2D eigenvalue weighted by Crippen LogP contribution is 2.61. The van der Waals surface area contributed by atoms with Gasteiger partial charge in [-0.1, -0.05) is 112 Å². The van der Waals surface area contributed by atoms with Crippen molar-refractivity contribution in [2.75, 3.05) is 32.4 Å². The van der Waals surface area contributed by atoms with Crippen LogP contribution in [0.25, 0.3) is 21.8 Å². The van der Waals surface area contributed by atoms with Crippen LogP contribution in [0.5, 0.6) is 11.5 Å². The van der Waals surface area contributed by atoms with Gasteiger partial charge in [0.1, 0.15) is 17.9 Å². The van der Waals surface area contributed by atoms with Gasteiger partial charge in [0.25, 0.3) is 18.1 Å². The van der Waals surface area contributed by atoms with Crippen LogP contribution in [0.2, 0.25) is 5.02 Å². The molecule has 90 heavy (non-hydrogen) atoms. The standard InChI is InChI=1S/C14H14BrNO4.C12H10O.C10H7BrClN.C10H8BrNO.C7H8BrN.C6H8O4.C4H10O3.Cl3OP/c1-8-6-9(4-5-11(8)15)16-7-10-12(17)19-14(2,3)20-13(10)18;1-3-7-11(8-4-1)13-12-9-5-2-6-10-12;1-6-4-10-7(5-8(6)11)9(12)2-3-13-10;1-6-4-9-7(5-8(6)11)10(13)2-3-12-9;1-5-4-6(9)2-3-7(5)8;1-6(2)9-4(7)3-5(8)10-6;1-5-4(6-2)7-3;1-5(2,3)4/h4-7,16H,1-3H3;1-10H;2-5H,1H3;2-5H,1H3,(H,12,13);2-4H,9H2,1H3;3H2,1-2H3;4H,1-3H3;. The topological polar surface area (TPSA) is 243 Å². The van der Waals surface area contributed by atoms with E-state index >= 15 is 0 Å². The Morgan fingerprint density at radius 2 is 1.07 bits per heavy atom. The van der Waals surface area contributed by atoms with Gasteiger partial charge in [0, 0.05) is 119 Å². The molecule has 6 aromatic carbocycles. The van der Waals surface area contributed by atoms with E-state index in [-0.39, 0.29) is 17.4 Å². The molecule has 4 heterocycles. The second-order valence-corrected chi connectivity index (χ2v) is 29.9. The summed E-state index contributed by atoms with van der Waals surface area (Å²) < 4.78 is 52.3. The van der Waals surface area contributed by atoms with Crippen LogP contribution in [0.1, 0.15) is 56.4 Å². The summed E-state index contributed by atoms with van der Waals surface area (Å²) >= 11 is 33.5. The maximum atomic E-state index is 11.7. The lowest BCUT2D eigenvalue weighted by Gasteiger charge is -2.29. The fourth-order valence-corrected chi connectivity index (χ4v) is 8.42. The average molecular weight is 1590 g/mol. The molecule has 2 aliphatic heterocycles. The number of nitrogens with one attached hydrogen (secondary N) is 2. The van der Waals surface area contributed by atoms with Crippen LogP contribution in [-0.4, -0.2) is 73.2 Å². The molecule has 0 unspecified atom stereocenters. The number of hydrogen-bond acceptors (Lipinski definition) is 17. The first-order valence-electron chi connectivity index (χ1n) is 26.3. The van der Waals surface area contributed by atoms with Gasteiger partial charge in [0.15, 0.2) is 11.0 Å². The zero-order chi connectivity index (χ0) is 67.5. The number of nitrogens with zero attached hydrogens (tertiary/aromatic N) is 1. The molecule has 2 fully saturated rings. The number of fused-ring (bicyclic) bond motifs is 2. The summed E-state index contributed by atoms with van der Waals surface area (Å²) in [5.74, 6) is -3.02. The number of nitrogen functional groups attached to an aromatic ring is 1. The van der Waals surface area contributed by atoms with Crippen molar-refractivity contribution in [3.63, 3.8) is 0 Å². The Hall–Kier alpha value is -5.85. The molecule has 0 atom stereocenters. The average Bonchev–Trinajstić information content (AvgIpc) is 1.05. The maximum Gasteiger partial charge on any atom is 0.350 e. The number of benzene rings is 6. The van der Waals surface area contributed by atoms with E-state index in [1.807, 2.05) is 149 Å². The third-order valence-electron chi connectivity index (χ3n) is 11.2. The Kier molecular flexibility index (Phi) is 33.3. The van der Waals surface area contributed by atoms with Crippen molar-refractivity contribution in [1.29, 1.82) is 0 Å². The van der Waals surface area contributed by atoms with Gasteiger partial charge in [-0.2, -0.15) is 0 Å². The number of aryl methyl sites for hydroxylation is 4. The fraction of sp³-hybridized carbons (Fsp3) is 0.238. The van der Waals surface area contributed by atoms with Crippen LogP contribution >= 0.6 is 114 Å². The second kappa shape index (κ2) is 38.2. The maximum absolute atomic E-state index is 11.7. The third-order valence-corrected chi connectivity index (χ3v) is 15.0. The first kappa shape index (κ1) is 78.4. The lowest BCUT2D eigenvalue weighted by atomic mass is 10.1. The molecule has 0 spiro atoms. The summed E-state index contributed by atoms with van der Waals surface area (Å²) in [6, 6.07) is 42.0. The van der Waals surface area contributed by atoms with Crippen LogP contribution in [0.15, 0.2) is 180 Å².